The standard InChI is InChI=1S/C45H32/c1-45(2)40-26-13-12-19-33(40)38-24-14-25-39(44(38)45)41-34-20-8-10-22-36(34)43(37-23-11-9-21-35(37)41)42-31-18-7-6-17-30(31)27-28-32(42)29-15-4-3-5-16-29/h3-28H,1-2H3. The predicted molar refractivity (Wildman–Crippen MR) is 193 cm³/mol. The highest BCUT2D eigenvalue weighted by Crippen LogP contribution is 2.55. The highest BCUT2D eigenvalue weighted by atomic mass is 14.4. The monoisotopic (exact) mass is 572 g/mol. The molecule has 0 spiro atoms. The second-order valence-electron chi connectivity index (χ2n) is 12.8. The second kappa shape index (κ2) is 9.78. The first kappa shape index (κ1) is 26.0. The van der Waals surface area contributed by atoms with Gasteiger partial charge in [-0.1, -0.05) is 172 Å². The van der Waals surface area contributed by atoms with E-state index >= 15 is 0 Å². The molecule has 1 aliphatic rings. The molecule has 0 fully saturated rings. The summed E-state index contributed by atoms with van der Waals surface area (Å²) in [6.45, 7) is 4.78. The molecule has 8 aromatic carbocycles. The van der Waals surface area contributed by atoms with Gasteiger partial charge in [0, 0.05) is 5.41 Å². The van der Waals surface area contributed by atoms with Crippen molar-refractivity contribution in [2.45, 2.75) is 19.3 Å². The van der Waals surface area contributed by atoms with E-state index in [-0.39, 0.29) is 5.41 Å². The van der Waals surface area contributed by atoms with Gasteiger partial charge in [0.25, 0.3) is 0 Å². The summed E-state index contributed by atoms with van der Waals surface area (Å²) in [6, 6.07) is 58.3. The van der Waals surface area contributed by atoms with Crippen LogP contribution in [0, 0.1) is 0 Å². The molecule has 45 heavy (non-hydrogen) atoms. The molecule has 0 radical (unpaired) electrons. The fourth-order valence-electron chi connectivity index (χ4n) is 8.14. The molecule has 0 atom stereocenters. The van der Waals surface area contributed by atoms with Crippen molar-refractivity contribution in [3.63, 3.8) is 0 Å². The van der Waals surface area contributed by atoms with Gasteiger partial charge >= 0.3 is 0 Å². The number of fused-ring (bicyclic) bond motifs is 6. The second-order valence-corrected chi connectivity index (χ2v) is 12.8. The Hall–Kier alpha value is -5.46. The van der Waals surface area contributed by atoms with Gasteiger partial charge in [0.1, 0.15) is 0 Å². The first-order valence-corrected chi connectivity index (χ1v) is 15.9. The first-order chi connectivity index (χ1) is 22.1. The molecule has 9 rings (SSSR count). The lowest BCUT2D eigenvalue weighted by Crippen LogP contribution is -2.16. The maximum atomic E-state index is 2.39. The molecule has 1 aliphatic carbocycles. The highest BCUT2D eigenvalue weighted by molar-refractivity contribution is 6.25. The normalized spacial score (nSPS) is 13.3. The smallest absolute Gasteiger partial charge is 0.0165 e. The number of hydrogen-bond acceptors (Lipinski definition) is 0. The van der Waals surface area contributed by atoms with Gasteiger partial charge in [0.05, 0.1) is 0 Å². The van der Waals surface area contributed by atoms with Crippen LogP contribution in [0.4, 0.5) is 0 Å². The van der Waals surface area contributed by atoms with Crippen molar-refractivity contribution in [3.8, 4) is 44.5 Å². The molecule has 0 amide bonds. The molecule has 0 heteroatoms. The van der Waals surface area contributed by atoms with Crippen LogP contribution in [-0.2, 0) is 5.41 Å². The third-order valence-corrected chi connectivity index (χ3v) is 10.0. The predicted octanol–water partition coefficient (Wildman–Crippen LogP) is 12.5. The van der Waals surface area contributed by atoms with Crippen LogP contribution in [0.15, 0.2) is 158 Å². The molecule has 0 heterocycles. The molecule has 0 nitrogen and oxygen atoms in total. The number of rotatable bonds is 3. The highest BCUT2D eigenvalue weighted by Gasteiger charge is 2.38. The van der Waals surface area contributed by atoms with E-state index in [1.807, 2.05) is 0 Å². The minimum absolute atomic E-state index is 0.112. The van der Waals surface area contributed by atoms with E-state index in [4.69, 9.17) is 0 Å². The number of benzene rings is 8. The Kier molecular flexibility index (Phi) is 5.64. The van der Waals surface area contributed by atoms with E-state index in [0.29, 0.717) is 0 Å². The molecule has 8 aromatic rings. The van der Waals surface area contributed by atoms with E-state index in [1.54, 1.807) is 0 Å². The molecule has 0 aliphatic heterocycles. The Morgan fingerprint density at radius 1 is 0.333 bits per heavy atom. The molecule has 0 unspecified atom stereocenters. The lowest BCUT2D eigenvalue weighted by Gasteiger charge is -2.27. The van der Waals surface area contributed by atoms with Crippen LogP contribution in [-0.4, -0.2) is 0 Å². The average Bonchev–Trinajstić information content (AvgIpc) is 3.34. The van der Waals surface area contributed by atoms with E-state index < -0.39 is 0 Å². The van der Waals surface area contributed by atoms with Crippen LogP contribution in [0.5, 0.6) is 0 Å². The maximum absolute atomic E-state index is 2.39. The summed E-state index contributed by atoms with van der Waals surface area (Å²) >= 11 is 0. The minimum atomic E-state index is -0.112. The zero-order valence-corrected chi connectivity index (χ0v) is 25.5. The van der Waals surface area contributed by atoms with Crippen molar-refractivity contribution in [1.82, 2.24) is 0 Å². The Balaban J connectivity index is 1.45. The molecule has 212 valence electrons. The Bertz CT molecular complexity index is 2390. The van der Waals surface area contributed by atoms with Crippen LogP contribution in [0.3, 0.4) is 0 Å². The van der Waals surface area contributed by atoms with E-state index in [1.165, 1.54) is 88.0 Å². The summed E-state index contributed by atoms with van der Waals surface area (Å²) in [4.78, 5) is 0. The van der Waals surface area contributed by atoms with E-state index in [0.717, 1.165) is 0 Å². The van der Waals surface area contributed by atoms with Gasteiger partial charge in [0.2, 0.25) is 0 Å². The van der Waals surface area contributed by atoms with Gasteiger partial charge in [-0.05, 0) is 88.0 Å². The molecule has 0 aromatic heterocycles. The lowest BCUT2D eigenvalue weighted by molar-refractivity contribution is 0.662. The maximum Gasteiger partial charge on any atom is 0.0165 e. The molecule has 0 N–H and O–H groups in total. The van der Waals surface area contributed by atoms with Crippen molar-refractivity contribution in [3.05, 3.63) is 169 Å². The van der Waals surface area contributed by atoms with Gasteiger partial charge in [0.15, 0.2) is 0 Å². The van der Waals surface area contributed by atoms with Crippen LogP contribution in [0.2, 0.25) is 0 Å². The quantitative estimate of drug-likeness (QED) is 0.185. The van der Waals surface area contributed by atoms with Crippen LogP contribution < -0.4 is 0 Å². The Morgan fingerprint density at radius 2 is 0.867 bits per heavy atom. The van der Waals surface area contributed by atoms with Gasteiger partial charge in [-0.25, -0.2) is 0 Å². The average molecular weight is 573 g/mol. The summed E-state index contributed by atoms with van der Waals surface area (Å²) in [5, 5.41) is 7.68. The summed E-state index contributed by atoms with van der Waals surface area (Å²) < 4.78 is 0. The van der Waals surface area contributed by atoms with Crippen LogP contribution in [0.25, 0.3) is 76.8 Å². The van der Waals surface area contributed by atoms with Gasteiger partial charge in [-0.3, -0.25) is 0 Å². The third kappa shape index (κ3) is 3.72. The molecule has 0 bridgehead atoms. The lowest BCUT2D eigenvalue weighted by atomic mass is 9.76. The number of hydrogen-bond donors (Lipinski definition) is 0. The zero-order chi connectivity index (χ0) is 30.1. The van der Waals surface area contributed by atoms with Crippen molar-refractivity contribution in [2.24, 2.45) is 0 Å². The summed E-state index contributed by atoms with van der Waals surface area (Å²) in [5.41, 5.74) is 13.2. The first-order valence-electron chi connectivity index (χ1n) is 15.9. The molecule has 0 saturated heterocycles. The summed E-state index contributed by atoms with van der Waals surface area (Å²) in [7, 11) is 0. The SMILES string of the molecule is CC1(C)c2ccccc2-c2cccc(-c3c4ccccc4c(-c4c(-c5ccccc5)ccc5ccccc45)c4ccccc34)c21. The summed E-state index contributed by atoms with van der Waals surface area (Å²) in [6.07, 6.45) is 0. The fourth-order valence-corrected chi connectivity index (χ4v) is 8.14. The Labute approximate surface area is 264 Å². The minimum Gasteiger partial charge on any atom is -0.0622 e. The third-order valence-electron chi connectivity index (χ3n) is 10.0. The molecular formula is C45H32. The summed E-state index contributed by atoms with van der Waals surface area (Å²) in [5.74, 6) is 0. The van der Waals surface area contributed by atoms with Gasteiger partial charge in [-0.2, -0.15) is 0 Å². The van der Waals surface area contributed by atoms with Crippen molar-refractivity contribution in [2.75, 3.05) is 0 Å². The van der Waals surface area contributed by atoms with Crippen molar-refractivity contribution >= 4 is 32.3 Å². The van der Waals surface area contributed by atoms with Gasteiger partial charge < -0.3 is 0 Å². The van der Waals surface area contributed by atoms with Crippen LogP contribution >= 0.6 is 0 Å². The Morgan fingerprint density at radius 3 is 1.58 bits per heavy atom. The largest absolute Gasteiger partial charge is 0.0622 e. The van der Waals surface area contributed by atoms with Gasteiger partial charge in [-0.15, -0.1) is 0 Å². The zero-order valence-electron chi connectivity index (χ0n) is 25.5. The van der Waals surface area contributed by atoms with E-state index in [2.05, 4.69) is 172 Å². The molecular weight excluding hydrogens is 540 g/mol. The topological polar surface area (TPSA) is 0 Å². The van der Waals surface area contributed by atoms with Crippen molar-refractivity contribution < 1.29 is 0 Å². The molecule has 0 saturated carbocycles. The van der Waals surface area contributed by atoms with Crippen LogP contribution in [0.1, 0.15) is 25.0 Å². The van der Waals surface area contributed by atoms with E-state index in [9.17, 15) is 0 Å². The fraction of sp³-hybridized carbons (Fsp3) is 0.0667. The van der Waals surface area contributed by atoms with Crippen molar-refractivity contribution in [1.29, 1.82) is 0 Å².